The fourth-order valence-corrected chi connectivity index (χ4v) is 13.8. The van der Waals surface area contributed by atoms with Gasteiger partial charge >= 0.3 is 29.8 Å². The fourth-order valence-electron chi connectivity index (χ4n) is 13.8. The molecule has 4 aliphatic carbocycles. The number of hydrogen-bond acceptors (Lipinski definition) is 16. The largest absolute Gasteiger partial charge is 0.462 e. The molecule has 15 atom stereocenters. The van der Waals surface area contributed by atoms with Crippen LogP contribution >= 0.6 is 0 Å². The monoisotopic (exact) mass is 978 g/mol. The van der Waals surface area contributed by atoms with Crippen LogP contribution in [-0.4, -0.2) is 119 Å². The minimum absolute atomic E-state index is 0.00813. The van der Waals surface area contributed by atoms with Crippen molar-refractivity contribution in [2.24, 2.45) is 28.6 Å². The molecule has 4 saturated carbocycles. The second-order valence-corrected chi connectivity index (χ2v) is 21.3. The summed E-state index contributed by atoms with van der Waals surface area (Å²) in [4.78, 5) is 67.4. The van der Waals surface area contributed by atoms with Crippen LogP contribution < -0.4 is 0 Å². The number of fused-ring (bicyclic) bond motifs is 3. The van der Waals surface area contributed by atoms with Crippen molar-refractivity contribution < 1.29 is 76.8 Å². The molecule has 1 spiro atoms. The lowest BCUT2D eigenvalue weighted by molar-refractivity contribution is -0.408. The summed E-state index contributed by atoms with van der Waals surface area (Å²) >= 11 is 0. The highest BCUT2D eigenvalue weighted by molar-refractivity contribution is 5.91. The van der Waals surface area contributed by atoms with Crippen LogP contribution in [0.3, 0.4) is 0 Å². The minimum Gasteiger partial charge on any atom is -0.462 e. The third-order valence-corrected chi connectivity index (χ3v) is 16.9. The van der Waals surface area contributed by atoms with E-state index in [1.807, 2.05) is 6.92 Å². The number of carbonyl (C=O) groups is 5. The van der Waals surface area contributed by atoms with Gasteiger partial charge in [0, 0.05) is 37.2 Å². The van der Waals surface area contributed by atoms with E-state index < -0.39 is 119 Å². The quantitative estimate of drug-likeness (QED) is 0.127. The van der Waals surface area contributed by atoms with Gasteiger partial charge in [-0.25, -0.2) is 19.2 Å². The van der Waals surface area contributed by atoms with Crippen molar-refractivity contribution in [3.63, 3.8) is 0 Å². The van der Waals surface area contributed by atoms with Gasteiger partial charge in [0.2, 0.25) is 0 Å². The highest BCUT2D eigenvalue weighted by atomic mass is 16.7. The predicted molar refractivity (Wildman–Crippen MR) is 249 cm³/mol. The van der Waals surface area contributed by atoms with Gasteiger partial charge in [-0.2, -0.15) is 0 Å². The van der Waals surface area contributed by atoms with Crippen molar-refractivity contribution in [1.29, 1.82) is 0 Å². The van der Waals surface area contributed by atoms with Gasteiger partial charge in [-0.05, 0) is 107 Å². The van der Waals surface area contributed by atoms with Crippen molar-refractivity contribution in [1.82, 2.24) is 0 Å². The molecule has 378 valence electrons. The van der Waals surface area contributed by atoms with Crippen molar-refractivity contribution in [2.45, 2.75) is 146 Å². The van der Waals surface area contributed by atoms with E-state index in [1.54, 1.807) is 112 Å². The summed E-state index contributed by atoms with van der Waals surface area (Å²) in [5.74, 6) is -5.71. The van der Waals surface area contributed by atoms with Gasteiger partial charge in [-0.3, -0.25) is 4.79 Å². The highest BCUT2D eigenvalue weighted by Gasteiger charge is 2.78. The van der Waals surface area contributed by atoms with Crippen LogP contribution in [0.5, 0.6) is 0 Å². The average molecular weight is 979 g/mol. The molecule has 6 fully saturated rings. The smallest absolute Gasteiger partial charge is 0.338 e. The maximum Gasteiger partial charge on any atom is 0.338 e. The third kappa shape index (κ3) is 8.57. The van der Waals surface area contributed by atoms with Gasteiger partial charge < -0.3 is 52.8 Å². The zero-order valence-corrected chi connectivity index (χ0v) is 40.6. The first-order valence-electron chi connectivity index (χ1n) is 24.7. The van der Waals surface area contributed by atoms with E-state index >= 15 is 0 Å². The first-order valence-corrected chi connectivity index (χ1v) is 24.7. The Bertz CT molecular complexity index is 2550. The lowest BCUT2D eigenvalue weighted by Crippen LogP contribution is -2.78. The summed E-state index contributed by atoms with van der Waals surface area (Å²) in [6, 6.07) is 24.8. The Morgan fingerprint density at radius 3 is 1.86 bits per heavy atom. The molecule has 7 aliphatic rings. The summed E-state index contributed by atoms with van der Waals surface area (Å²) in [6.45, 7) is 8.72. The number of esters is 5. The van der Waals surface area contributed by atoms with E-state index in [2.05, 4.69) is 0 Å². The van der Waals surface area contributed by atoms with Gasteiger partial charge in [-0.1, -0.05) is 61.5 Å². The number of hydrogen-bond donors (Lipinski definition) is 2. The van der Waals surface area contributed by atoms with Gasteiger partial charge in [0.15, 0.2) is 30.4 Å². The van der Waals surface area contributed by atoms with Crippen molar-refractivity contribution >= 4 is 29.8 Å². The number of ether oxygens (including phenoxy) is 9. The summed E-state index contributed by atoms with van der Waals surface area (Å²) in [6.07, 6.45) is -5.80. The van der Waals surface area contributed by atoms with Gasteiger partial charge in [-0.15, -0.1) is 0 Å². The Balaban J connectivity index is 1.01. The predicted octanol–water partition coefficient (Wildman–Crippen LogP) is 6.45. The fraction of sp³-hybridized carbons (Fsp3) is 0.545. The second kappa shape index (κ2) is 18.5. The second-order valence-electron chi connectivity index (χ2n) is 21.3. The Labute approximate surface area is 412 Å². The number of cyclic esters (lactones) is 1. The zero-order chi connectivity index (χ0) is 50.1. The molecule has 71 heavy (non-hydrogen) atoms. The minimum atomic E-state index is -1.61. The maximum atomic E-state index is 14.1. The molecular weight excluding hydrogens is 917 g/mol. The van der Waals surface area contributed by atoms with E-state index in [9.17, 15) is 34.2 Å². The zero-order valence-electron chi connectivity index (χ0n) is 40.6. The van der Waals surface area contributed by atoms with Gasteiger partial charge in [0.25, 0.3) is 0 Å². The van der Waals surface area contributed by atoms with Crippen LogP contribution in [-0.2, 0) is 52.2 Å². The van der Waals surface area contributed by atoms with E-state index in [-0.39, 0.29) is 61.5 Å². The van der Waals surface area contributed by atoms with Crippen LogP contribution in [0.15, 0.2) is 103 Å². The van der Waals surface area contributed by atoms with Crippen LogP contribution in [0, 0.1) is 28.6 Å². The molecule has 0 bridgehead atoms. The highest BCUT2D eigenvalue weighted by Crippen LogP contribution is 2.72. The van der Waals surface area contributed by atoms with E-state index in [0.717, 1.165) is 5.57 Å². The van der Waals surface area contributed by atoms with Crippen LogP contribution in [0.25, 0.3) is 0 Å². The first kappa shape index (κ1) is 49.1. The molecule has 3 aromatic rings. The number of carbonyl (C=O) groups excluding carboxylic acids is 5. The Hall–Kier alpha value is -5.49. The summed E-state index contributed by atoms with van der Waals surface area (Å²) in [7, 11) is 0. The average Bonchev–Trinajstić information content (AvgIpc) is 3.89. The van der Waals surface area contributed by atoms with Crippen molar-refractivity contribution in [3.8, 4) is 0 Å². The third-order valence-electron chi connectivity index (χ3n) is 16.9. The molecule has 3 aliphatic heterocycles. The Kier molecular flexibility index (Phi) is 12.8. The molecule has 16 nitrogen and oxygen atoms in total. The Morgan fingerprint density at radius 1 is 0.718 bits per heavy atom. The molecule has 0 unspecified atom stereocenters. The first-order chi connectivity index (χ1) is 33.8. The van der Waals surface area contributed by atoms with Gasteiger partial charge in [0.1, 0.15) is 12.7 Å². The number of rotatable bonds is 10. The van der Waals surface area contributed by atoms with Crippen LogP contribution in [0.1, 0.15) is 111 Å². The molecule has 2 N–H and O–H groups in total. The molecule has 0 amide bonds. The molecule has 10 rings (SSSR count). The summed E-state index contributed by atoms with van der Waals surface area (Å²) in [5.41, 5.74) is -3.55. The van der Waals surface area contributed by atoms with E-state index in [4.69, 9.17) is 42.6 Å². The summed E-state index contributed by atoms with van der Waals surface area (Å²) in [5, 5.41) is 26.8. The molecule has 16 heteroatoms. The van der Waals surface area contributed by atoms with Crippen LogP contribution in [0.2, 0.25) is 0 Å². The van der Waals surface area contributed by atoms with Gasteiger partial charge in [0.05, 0.1) is 58.2 Å². The Morgan fingerprint density at radius 2 is 1.30 bits per heavy atom. The van der Waals surface area contributed by atoms with E-state index in [0.29, 0.717) is 19.3 Å². The maximum absolute atomic E-state index is 14.1. The molecule has 0 aromatic heterocycles. The normalized spacial score (nSPS) is 38.9. The SMILES string of the molecule is CC(=O)O[C@@H]1C[C@]2(C)[C@@H](C3=CC(=O)OC3)CC[C@]2(O)[C@@H]2CC[C@]3(O)C[C@@H](O[C@@H]4O[C@@H](C)[C@H](OC(=O)c5ccccc5)[C@@H](OC(=O)c5ccccc5)[C@H]4OC(=O)c4ccccc4)C[C@H]4OC(C)(C)OC[C@]43[C@H]21. The molecule has 0 radical (unpaired) electrons. The van der Waals surface area contributed by atoms with E-state index in [1.165, 1.54) is 13.0 Å². The van der Waals surface area contributed by atoms with Crippen LogP contribution in [0.4, 0.5) is 0 Å². The number of aliphatic hydroxyl groups is 2. The standard InChI is InChI=1S/C55H62O16/c1-31-44(68-47(58)33-15-9-6-10-16-33)45(69-48(59)34-17-11-7-12-18-34)46(70-49(60)35-19-13-8-14-20-35)50(65-31)67-37-26-41-54(30-64-51(3,4)71-41)43-39(21-23-53(54,61)27-37)55(62)24-22-38(36-25-42(57)63-29-36)52(55,5)28-40(43)66-32(2)56/h6-20,25,31,37-41,43-46,50,61-62H,21-24,26-30H2,1-5H3/t31-,37-,38+,39+,40+,41+,43+,44-,45+,46+,50-,52+,53-,54+,55-/m0/s1. The molecular formula is C55H62O16. The number of benzene rings is 3. The van der Waals surface area contributed by atoms with Crippen molar-refractivity contribution in [3.05, 3.63) is 119 Å². The molecule has 3 heterocycles. The lowest BCUT2D eigenvalue weighted by Gasteiger charge is -2.71. The topological polar surface area (TPSA) is 209 Å². The summed E-state index contributed by atoms with van der Waals surface area (Å²) < 4.78 is 57.3. The van der Waals surface area contributed by atoms with Crippen molar-refractivity contribution in [2.75, 3.05) is 13.2 Å². The lowest BCUT2D eigenvalue weighted by atomic mass is 9.40. The molecule has 3 aromatic carbocycles. The molecule has 2 saturated heterocycles.